The Morgan fingerprint density at radius 2 is 1.74 bits per heavy atom. The molecule has 1 aromatic heterocycles. The number of rotatable bonds is 3. The van der Waals surface area contributed by atoms with Crippen molar-refractivity contribution in [1.82, 2.24) is 4.98 Å². The van der Waals surface area contributed by atoms with Gasteiger partial charge in [0.15, 0.2) is 0 Å². The number of hydrogen-bond acceptors (Lipinski definition) is 3. The van der Waals surface area contributed by atoms with Gasteiger partial charge in [0.2, 0.25) is 5.88 Å². The average molecular weight is 258 g/mol. The van der Waals surface area contributed by atoms with Crippen LogP contribution in [-0.2, 0) is 6.54 Å². The van der Waals surface area contributed by atoms with Gasteiger partial charge in [-0.15, -0.1) is 0 Å². The van der Waals surface area contributed by atoms with Crippen LogP contribution < -0.4 is 10.5 Å². The predicted octanol–water partition coefficient (Wildman–Crippen LogP) is 2.74. The number of ether oxygens (including phenoxy) is 1. The van der Waals surface area contributed by atoms with Crippen molar-refractivity contribution in [3.8, 4) is 5.88 Å². The number of aromatic nitrogens is 1. The van der Waals surface area contributed by atoms with Crippen LogP contribution in [0.3, 0.4) is 0 Å². The summed E-state index contributed by atoms with van der Waals surface area (Å²) >= 11 is 0. The Balaban J connectivity index is 1.53. The molecule has 3 heteroatoms. The predicted molar refractivity (Wildman–Crippen MR) is 73.6 cm³/mol. The lowest BCUT2D eigenvalue weighted by atomic mass is 9.55. The van der Waals surface area contributed by atoms with Crippen LogP contribution in [0, 0.1) is 23.7 Å². The van der Waals surface area contributed by atoms with E-state index in [9.17, 15) is 0 Å². The number of nitrogens with two attached hydrogens (primary N) is 1. The molecule has 1 aromatic rings. The summed E-state index contributed by atoms with van der Waals surface area (Å²) in [6.45, 7) is 0.485. The molecule has 19 heavy (non-hydrogen) atoms. The van der Waals surface area contributed by atoms with E-state index in [0.29, 0.717) is 12.6 Å². The fourth-order valence-electron chi connectivity index (χ4n) is 4.84. The zero-order valence-electron chi connectivity index (χ0n) is 11.3. The van der Waals surface area contributed by atoms with Gasteiger partial charge in [0.25, 0.3) is 0 Å². The minimum Gasteiger partial charge on any atom is -0.474 e. The van der Waals surface area contributed by atoms with E-state index < -0.39 is 0 Å². The van der Waals surface area contributed by atoms with Crippen LogP contribution >= 0.6 is 0 Å². The summed E-state index contributed by atoms with van der Waals surface area (Å²) in [5, 5.41) is 0. The molecule has 4 saturated carbocycles. The molecule has 0 radical (unpaired) electrons. The summed E-state index contributed by atoms with van der Waals surface area (Å²) in [5.74, 6) is 4.32. The number of nitrogens with zero attached hydrogens (tertiary/aromatic N) is 1. The van der Waals surface area contributed by atoms with Crippen molar-refractivity contribution < 1.29 is 4.74 Å². The van der Waals surface area contributed by atoms with E-state index in [1.807, 2.05) is 18.2 Å². The van der Waals surface area contributed by atoms with Crippen LogP contribution in [0.15, 0.2) is 18.2 Å². The van der Waals surface area contributed by atoms with Gasteiger partial charge in [-0.1, -0.05) is 6.07 Å². The lowest BCUT2D eigenvalue weighted by molar-refractivity contribution is -0.0805. The SMILES string of the molecule is NCc1cccc(OC2C3CC4CC(C3)CC2C4)n1. The molecule has 2 N–H and O–H groups in total. The Kier molecular flexibility index (Phi) is 2.76. The van der Waals surface area contributed by atoms with Gasteiger partial charge >= 0.3 is 0 Å². The number of hydrogen-bond donors (Lipinski definition) is 1. The van der Waals surface area contributed by atoms with E-state index in [1.54, 1.807) is 0 Å². The molecule has 3 nitrogen and oxygen atoms in total. The van der Waals surface area contributed by atoms with Crippen LogP contribution in [-0.4, -0.2) is 11.1 Å². The van der Waals surface area contributed by atoms with Crippen molar-refractivity contribution in [3.05, 3.63) is 23.9 Å². The highest BCUT2D eigenvalue weighted by Crippen LogP contribution is 2.54. The number of pyridine rings is 1. The molecule has 4 aliphatic rings. The molecule has 4 aliphatic carbocycles. The Morgan fingerprint density at radius 1 is 1.05 bits per heavy atom. The molecular weight excluding hydrogens is 236 g/mol. The molecule has 0 unspecified atom stereocenters. The molecule has 4 bridgehead atoms. The average Bonchev–Trinajstić information content (AvgIpc) is 2.42. The lowest BCUT2D eigenvalue weighted by Gasteiger charge is -2.53. The fraction of sp³-hybridized carbons (Fsp3) is 0.688. The zero-order chi connectivity index (χ0) is 12.8. The molecule has 5 rings (SSSR count). The first-order valence-corrected chi connectivity index (χ1v) is 7.64. The van der Waals surface area contributed by atoms with Gasteiger partial charge in [0, 0.05) is 12.6 Å². The van der Waals surface area contributed by atoms with E-state index in [1.165, 1.54) is 32.1 Å². The maximum absolute atomic E-state index is 6.27. The Hall–Kier alpha value is -1.09. The van der Waals surface area contributed by atoms with Crippen molar-refractivity contribution in [2.75, 3.05) is 0 Å². The molecule has 0 saturated heterocycles. The maximum atomic E-state index is 6.27. The first-order valence-electron chi connectivity index (χ1n) is 7.64. The summed E-state index contributed by atoms with van der Waals surface area (Å²) in [6.07, 6.45) is 7.43. The van der Waals surface area contributed by atoms with Gasteiger partial charge < -0.3 is 10.5 Å². The van der Waals surface area contributed by atoms with Crippen LogP contribution in [0.2, 0.25) is 0 Å². The van der Waals surface area contributed by atoms with Crippen LogP contribution in [0.5, 0.6) is 5.88 Å². The maximum Gasteiger partial charge on any atom is 0.213 e. The Morgan fingerprint density at radius 3 is 2.37 bits per heavy atom. The van der Waals surface area contributed by atoms with E-state index in [-0.39, 0.29) is 0 Å². The third-order valence-corrected chi connectivity index (χ3v) is 5.39. The highest BCUT2D eigenvalue weighted by Gasteiger charge is 2.49. The minimum atomic E-state index is 0.410. The molecule has 0 aliphatic heterocycles. The monoisotopic (exact) mass is 258 g/mol. The summed E-state index contributed by atoms with van der Waals surface area (Å²) < 4.78 is 6.27. The van der Waals surface area contributed by atoms with E-state index in [4.69, 9.17) is 10.5 Å². The summed E-state index contributed by atoms with van der Waals surface area (Å²) in [5.41, 5.74) is 6.57. The molecule has 0 spiro atoms. The first kappa shape index (κ1) is 11.7. The second-order valence-corrected chi connectivity index (χ2v) is 6.68. The van der Waals surface area contributed by atoms with Crippen molar-refractivity contribution in [2.45, 2.75) is 44.8 Å². The van der Waals surface area contributed by atoms with Gasteiger partial charge in [-0.2, -0.15) is 0 Å². The lowest BCUT2D eigenvalue weighted by Crippen LogP contribution is -2.50. The third-order valence-electron chi connectivity index (χ3n) is 5.39. The van der Waals surface area contributed by atoms with Gasteiger partial charge in [-0.25, -0.2) is 4.98 Å². The smallest absolute Gasteiger partial charge is 0.213 e. The summed E-state index contributed by atoms with van der Waals surface area (Å²) in [4.78, 5) is 4.50. The van der Waals surface area contributed by atoms with E-state index in [0.717, 1.165) is 35.2 Å². The van der Waals surface area contributed by atoms with Gasteiger partial charge in [-0.3, -0.25) is 0 Å². The van der Waals surface area contributed by atoms with Crippen LogP contribution in [0.1, 0.15) is 37.8 Å². The van der Waals surface area contributed by atoms with E-state index in [2.05, 4.69) is 4.98 Å². The van der Waals surface area contributed by atoms with Crippen molar-refractivity contribution in [1.29, 1.82) is 0 Å². The Labute approximate surface area is 114 Å². The topological polar surface area (TPSA) is 48.1 Å². The molecule has 0 aromatic carbocycles. The van der Waals surface area contributed by atoms with Gasteiger partial charge in [0.1, 0.15) is 6.10 Å². The van der Waals surface area contributed by atoms with Gasteiger partial charge in [0.05, 0.1) is 5.69 Å². The zero-order valence-corrected chi connectivity index (χ0v) is 11.3. The molecule has 0 amide bonds. The molecule has 102 valence electrons. The summed E-state index contributed by atoms with van der Waals surface area (Å²) in [6, 6.07) is 5.94. The largest absolute Gasteiger partial charge is 0.474 e. The molecule has 1 heterocycles. The van der Waals surface area contributed by atoms with E-state index >= 15 is 0 Å². The molecule has 4 fully saturated rings. The summed E-state index contributed by atoms with van der Waals surface area (Å²) in [7, 11) is 0. The van der Waals surface area contributed by atoms with Crippen LogP contribution in [0.25, 0.3) is 0 Å². The van der Waals surface area contributed by atoms with Crippen molar-refractivity contribution >= 4 is 0 Å². The molecular formula is C16H22N2O. The second kappa shape index (κ2) is 4.48. The normalized spacial score (nSPS) is 39.5. The highest BCUT2D eigenvalue weighted by molar-refractivity contribution is 5.16. The quantitative estimate of drug-likeness (QED) is 0.907. The fourth-order valence-corrected chi connectivity index (χ4v) is 4.84. The van der Waals surface area contributed by atoms with Crippen LogP contribution in [0.4, 0.5) is 0 Å². The van der Waals surface area contributed by atoms with Crippen molar-refractivity contribution in [2.24, 2.45) is 29.4 Å². The Bertz CT molecular complexity index is 446. The first-order chi connectivity index (χ1) is 9.31. The standard InChI is InChI=1S/C16H22N2O/c17-9-14-2-1-3-15(18-14)19-16-12-5-10-4-11(7-12)8-13(16)6-10/h1-3,10-13,16H,4-9,17H2. The minimum absolute atomic E-state index is 0.410. The van der Waals surface area contributed by atoms with Gasteiger partial charge in [-0.05, 0) is 61.8 Å². The molecule has 0 atom stereocenters. The highest BCUT2D eigenvalue weighted by atomic mass is 16.5. The van der Waals surface area contributed by atoms with Crippen molar-refractivity contribution in [3.63, 3.8) is 0 Å². The third kappa shape index (κ3) is 2.04. The second-order valence-electron chi connectivity index (χ2n) is 6.68.